The van der Waals surface area contributed by atoms with Crippen LogP contribution in [-0.2, 0) is 14.8 Å². The van der Waals surface area contributed by atoms with Crippen LogP contribution < -0.4 is 10.2 Å². The monoisotopic (exact) mass is 367 g/mol. The minimum Gasteiger partial charge on any atom is -0.495 e. The Morgan fingerprint density at radius 2 is 1.92 bits per heavy atom. The number of nitrogens with zero attached hydrogens (tertiary/aromatic N) is 2. The van der Waals surface area contributed by atoms with Crippen molar-refractivity contribution in [2.45, 2.75) is 24.2 Å². The Balaban J connectivity index is 2.15. The lowest BCUT2D eigenvalue weighted by Crippen LogP contribution is -2.44. The van der Waals surface area contributed by atoms with Gasteiger partial charge in [-0.2, -0.15) is 0 Å². The van der Waals surface area contributed by atoms with E-state index in [-0.39, 0.29) is 16.6 Å². The first-order chi connectivity index (χ1) is 11.8. The quantitative estimate of drug-likeness (QED) is 0.771. The summed E-state index contributed by atoms with van der Waals surface area (Å²) in [5, 5.41) is 1.91. The molecule has 0 bridgehead atoms. The normalized spacial score (nSPS) is 16.3. The van der Waals surface area contributed by atoms with Crippen molar-refractivity contribution >= 4 is 22.0 Å². The van der Waals surface area contributed by atoms with Crippen LogP contribution in [0.3, 0.4) is 0 Å². The summed E-state index contributed by atoms with van der Waals surface area (Å²) < 4.78 is 31.1. The molecule has 1 amide bonds. The molecule has 8 heteroatoms. The number of sulfonamides is 1. The highest BCUT2D eigenvalue weighted by molar-refractivity contribution is 7.89. The van der Waals surface area contributed by atoms with Crippen LogP contribution in [0.15, 0.2) is 29.2 Å². The highest BCUT2D eigenvalue weighted by Gasteiger charge is 2.22. The molecule has 0 spiro atoms. The van der Waals surface area contributed by atoms with Crippen LogP contribution in [0.4, 0.5) is 0 Å². The number of methoxy groups -OCH3 is 1. The van der Waals surface area contributed by atoms with E-state index in [1.54, 1.807) is 18.2 Å². The second-order valence-corrected chi connectivity index (χ2v) is 8.18. The minimum absolute atomic E-state index is 0.0681. The summed E-state index contributed by atoms with van der Waals surface area (Å²) in [6.07, 6.45) is 6.34. The average Bonchev–Trinajstić information content (AvgIpc) is 2.60. The maximum absolute atomic E-state index is 12.4. The van der Waals surface area contributed by atoms with Crippen molar-refractivity contribution in [2.75, 3.05) is 34.3 Å². The molecular weight excluding hydrogens is 342 g/mol. The number of hydrogen-bond donors (Lipinski definition) is 1. The number of benzene rings is 1. The topological polar surface area (TPSA) is 79.0 Å². The number of rotatable bonds is 6. The van der Waals surface area contributed by atoms with E-state index in [9.17, 15) is 13.2 Å². The Labute approximate surface area is 149 Å². The fraction of sp³-hybridized carbons (Fsp3) is 0.471. The Morgan fingerprint density at radius 1 is 1.24 bits per heavy atom. The van der Waals surface area contributed by atoms with Gasteiger partial charge in [0.2, 0.25) is 10.0 Å². The van der Waals surface area contributed by atoms with Gasteiger partial charge in [0.15, 0.2) is 0 Å². The van der Waals surface area contributed by atoms with Gasteiger partial charge in [0.1, 0.15) is 10.6 Å². The van der Waals surface area contributed by atoms with Crippen LogP contribution >= 0.6 is 0 Å². The second-order valence-electron chi connectivity index (χ2n) is 6.05. The number of ether oxygens (including phenoxy) is 1. The van der Waals surface area contributed by atoms with Crippen LogP contribution in [0.2, 0.25) is 0 Å². The predicted octanol–water partition coefficient (Wildman–Crippen LogP) is 1.48. The molecular formula is C17H25N3O4S. The highest BCUT2D eigenvalue weighted by Crippen LogP contribution is 2.27. The van der Waals surface area contributed by atoms with Crippen LogP contribution in [0.25, 0.3) is 6.08 Å². The fourth-order valence-electron chi connectivity index (χ4n) is 2.57. The lowest BCUT2D eigenvalue weighted by Gasteiger charge is -2.26. The van der Waals surface area contributed by atoms with Crippen LogP contribution in [0.5, 0.6) is 5.75 Å². The molecule has 0 aromatic heterocycles. The zero-order valence-corrected chi connectivity index (χ0v) is 15.7. The van der Waals surface area contributed by atoms with Gasteiger partial charge >= 0.3 is 0 Å². The lowest BCUT2D eigenvalue weighted by atomic mass is 10.2. The molecule has 2 rings (SSSR count). The molecule has 1 aromatic carbocycles. The van der Waals surface area contributed by atoms with E-state index < -0.39 is 10.0 Å². The van der Waals surface area contributed by atoms with Gasteiger partial charge in [-0.15, -0.1) is 0 Å². The van der Waals surface area contributed by atoms with Crippen LogP contribution in [0.1, 0.15) is 24.8 Å². The van der Waals surface area contributed by atoms with Gasteiger partial charge in [0.25, 0.3) is 5.91 Å². The molecule has 1 saturated heterocycles. The Morgan fingerprint density at radius 3 is 2.52 bits per heavy atom. The predicted molar refractivity (Wildman–Crippen MR) is 96.5 cm³/mol. The van der Waals surface area contributed by atoms with E-state index in [4.69, 9.17) is 4.74 Å². The Kier molecular flexibility index (Phi) is 6.57. The van der Waals surface area contributed by atoms with Crippen molar-refractivity contribution in [3.63, 3.8) is 0 Å². The molecule has 0 radical (unpaired) electrons. The number of carbonyl (C=O) groups excluding carboxylic acids is 1. The largest absolute Gasteiger partial charge is 0.495 e. The summed E-state index contributed by atoms with van der Waals surface area (Å²) in [6.45, 7) is 1.71. The van der Waals surface area contributed by atoms with E-state index in [0.29, 0.717) is 5.56 Å². The summed E-state index contributed by atoms with van der Waals surface area (Å²) >= 11 is 0. The molecule has 0 atom stereocenters. The van der Waals surface area contributed by atoms with E-state index in [2.05, 4.69) is 5.43 Å². The molecule has 1 fully saturated rings. The van der Waals surface area contributed by atoms with Crippen molar-refractivity contribution in [3.05, 3.63) is 29.8 Å². The fourth-order valence-corrected chi connectivity index (χ4v) is 3.65. The molecule has 7 nitrogen and oxygen atoms in total. The van der Waals surface area contributed by atoms with E-state index in [0.717, 1.165) is 30.2 Å². The van der Waals surface area contributed by atoms with E-state index >= 15 is 0 Å². The molecule has 25 heavy (non-hydrogen) atoms. The molecule has 138 valence electrons. The summed E-state index contributed by atoms with van der Waals surface area (Å²) in [5.74, 6) is 0.0401. The summed E-state index contributed by atoms with van der Waals surface area (Å²) in [6, 6.07) is 4.79. The summed E-state index contributed by atoms with van der Waals surface area (Å²) in [4.78, 5) is 12.1. The van der Waals surface area contributed by atoms with Gasteiger partial charge in [0, 0.05) is 33.3 Å². The molecule has 0 aliphatic carbocycles. The van der Waals surface area contributed by atoms with Crippen LogP contribution in [-0.4, -0.2) is 57.9 Å². The summed E-state index contributed by atoms with van der Waals surface area (Å²) in [7, 11) is 0.708. The standard InChI is InChI=1S/C17H25N3O4S/c1-19(2)25(22,23)16-13-14(7-9-15(16)24-3)8-10-17(21)18-20-11-5-4-6-12-20/h7-10,13H,4-6,11-12H2,1-3H3,(H,18,21)/b10-8+. The second kappa shape index (κ2) is 8.46. The number of hydrazine groups is 1. The van der Waals surface area contributed by atoms with Gasteiger partial charge in [-0.1, -0.05) is 12.5 Å². The first-order valence-corrected chi connectivity index (χ1v) is 9.63. The summed E-state index contributed by atoms with van der Waals surface area (Å²) in [5.41, 5.74) is 3.44. The maximum atomic E-state index is 12.4. The third-order valence-corrected chi connectivity index (χ3v) is 5.83. The molecule has 0 unspecified atom stereocenters. The lowest BCUT2D eigenvalue weighted by molar-refractivity contribution is -0.121. The number of piperidine rings is 1. The number of hydrogen-bond acceptors (Lipinski definition) is 5. The van der Waals surface area contributed by atoms with E-state index in [1.807, 2.05) is 5.01 Å². The molecule has 1 aliphatic rings. The van der Waals surface area contributed by atoms with Crippen molar-refractivity contribution in [1.29, 1.82) is 0 Å². The van der Waals surface area contributed by atoms with Gasteiger partial charge in [-0.3, -0.25) is 10.2 Å². The average molecular weight is 367 g/mol. The van der Waals surface area contributed by atoms with Gasteiger partial charge in [-0.25, -0.2) is 17.7 Å². The van der Waals surface area contributed by atoms with Crippen molar-refractivity contribution in [2.24, 2.45) is 0 Å². The zero-order valence-electron chi connectivity index (χ0n) is 14.9. The van der Waals surface area contributed by atoms with Crippen molar-refractivity contribution in [1.82, 2.24) is 14.7 Å². The van der Waals surface area contributed by atoms with Gasteiger partial charge in [0.05, 0.1) is 7.11 Å². The maximum Gasteiger partial charge on any atom is 0.258 e. The van der Waals surface area contributed by atoms with Gasteiger partial charge in [-0.05, 0) is 36.6 Å². The highest BCUT2D eigenvalue weighted by atomic mass is 32.2. The van der Waals surface area contributed by atoms with E-state index in [1.165, 1.54) is 39.8 Å². The molecule has 0 saturated carbocycles. The number of nitrogens with one attached hydrogen (secondary N) is 1. The molecule has 1 aromatic rings. The first-order valence-electron chi connectivity index (χ1n) is 8.19. The Bertz CT molecular complexity index is 738. The zero-order chi connectivity index (χ0) is 18.4. The molecule has 1 heterocycles. The minimum atomic E-state index is -3.64. The van der Waals surface area contributed by atoms with Gasteiger partial charge < -0.3 is 4.74 Å². The number of carbonyl (C=O) groups is 1. The van der Waals surface area contributed by atoms with Crippen molar-refractivity contribution < 1.29 is 17.9 Å². The smallest absolute Gasteiger partial charge is 0.258 e. The SMILES string of the molecule is COc1ccc(/C=C/C(=O)NN2CCCCC2)cc1S(=O)(=O)N(C)C. The molecule has 1 aliphatic heterocycles. The van der Waals surface area contributed by atoms with Crippen molar-refractivity contribution in [3.8, 4) is 5.75 Å². The first kappa shape index (κ1) is 19.4. The third-order valence-electron chi connectivity index (χ3n) is 4.00. The molecule has 1 N–H and O–H groups in total. The third kappa shape index (κ3) is 5.04. The van der Waals surface area contributed by atoms with Crippen LogP contribution in [0, 0.1) is 0 Å². The number of amides is 1. The Hall–Kier alpha value is -1.90.